The molecule has 0 bridgehead atoms. The van der Waals surface area contributed by atoms with Crippen molar-refractivity contribution in [3.05, 3.63) is 34.3 Å². The first-order chi connectivity index (χ1) is 8.33. The second-order valence-electron chi connectivity index (χ2n) is 3.39. The fourth-order valence-electron chi connectivity index (χ4n) is 1.24. The highest BCUT2D eigenvalue weighted by atomic mass is 19.4. The van der Waals surface area contributed by atoms with Crippen molar-refractivity contribution >= 4 is 5.95 Å². The predicted molar refractivity (Wildman–Crippen MR) is 56.7 cm³/mol. The van der Waals surface area contributed by atoms with Crippen molar-refractivity contribution in [1.29, 1.82) is 0 Å². The van der Waals surface area contributed by atoms with E-state index in [1.54, 1.807) is 6.92 Å². The molecular formula is C9H11F3N4O2. The van der Waals surface area contributed by atoms with Gasteiger partial charge in [-0.25, -0.2) is 4.57 Å². The Labute approximate surface area is 100 Å². The number of halogens is 3. The van der Waals surface area contributed by atoms with E-state index in [1.807, 2.05) is 0 Å². The molecule has 18 heavy (non-hydrogen) atoms. The molecular weight excluding hydrogens is 253 g/mol. The molecule has 1 aromatic heterocycles. The van der Waals surface area contributed by atoms with Crippen molar-refractivity contribution in [3.63, 3.8) is 0 Å². The lowest BCUT2D eigenvalue weighted by Gasteiger charge is -2.12. The molecule has 0 saturated carbocycles. The summed E-state index contributed by atoms with van der Waals surface area (Å²) in [6, 6.07) is 0. The molecule has 1 aromatic rings. The Bertz CT molecular complexity index is 453. The molecule has 0 unspecified atom stereocenters. The third-order valence-electron chi connectivity index (χ3n) is 2.06. The quantitative estimate of drug-likeness (QED) is 0.650. The molecule has 1 rings (SSSR count). The number of nitrogens with one attached hydrogen (secondary N) is 1. The van der Waals surface area contributed by atoms with Crippen molar-refractivity contribution in [2.45, 2.75) is 19.6 Å². The van der Waals surface area contributed by atoms with Gasteiger partial charge < -0.3 is 15.4 Å². The van der Waals surface area contributed by atoms with Gasteiger partial charge in [-0.3, -0.25) is 0 Å². The normalized spacial score (nSPS) is 12.6. The summed E-state index contributed by atoms with van der Waals surface area (Å²) in [6.07, 6.45) is -0.364. The molecule has 0 radical (unpaired) electrons. The van der Waals surface area contributed by atoms with E-state index in [4.69, 9.17) is 0 Å². The van der Waals surface area contributed by atoms with Crippen LogP contribution in [0.5, 0.6) is 0 Å². The van der Waals surface area contributed by atoms with E-state index in [0.717, 1.165) is 4.57 Å². The van der Waals surface area contributed by atoms with Crippen molar-refractivity contribution in [2.24, 2.45) is 0 Å². The molecule has 0 fully saturated rings. The van der Waals surface area contributed by atoms with Gasteiger partial charge in [0.15, 0.2) is 0 Å². The molecule has 9 heteroatoms. The van der Waals surface area contributed by atoms with Crippen molar-refractivity contribution in [3.8, 4) is 0 Å². The summed E-state index contributed by atoms with van der Waals surface area (Å²) >= 11 is 0. The second-order valence-corrected chi connectivity index (χ2v) is 3.39. The first-order valence-corrected chi connectivity index (χ1v) is 4.95. The summed E-state index contributed by atoms with van der Waals surface area (Å²) in [5, 5.41) is 12.8. The zero-order chi connectivity index (χ0) is 13.8. The van der Waals surface area contributed by atoms with Crippen LogP contribution >= 0.6 is 0 Å². The van der Waals surface area contributed by atoms with E-state index in [-0.39, 0.29) is 12.2 Å². The summed E-state index contributed by atoms with van der Waals surface area (Å²) in [5.74, 6) is -0.414. The molecule has 1 N–H and O–H groups in total. The first kappa shape index (κ1) is 14.0. The van der Waals surface area contributed by atoms with Crippen molar-refractivity contribution in [1.82, 2.24) is 14.9 Å². The van der Waals surface area contributed by atoms with Crippen molar-refractivity contribution < 1.29 is 18.1 Å². The monoisotopic (exact) mass is 264 g/mol. The highest BCUT2D eigenvalue weighted by molar-refractivity contribution is 5.11. The Morgan fingerprint density at radius 1 is 1.67 bits per heavy atom. The van der Waals surface area contributed by atoms with Crippen LogP contribution < -0.4 is 5.32 Å². The number of imidazole rings is 1. The second kappa shape index (κ2) is 5.52. The lowest BCUT2D eigenvalue weighted by atomic mass is 10.4. The van der Waals surface area contributed by atoms with Crippen molar-refractivity contribution in [2.75, 3.05) is 6.54 Å². The van der Waals surface area contributed by atoms with E-state index in [1.165, 1.54) is 18.5 Å². The number of aromatic nitrogens is 2. The summed E-state index contributed by atoms with van der Waals surface area (Å²) in [5.41, 5.74) is 0.230. The van der Waals surface area contributed by atoms with Gasteiger partial charge in [0.1, 0.15) is 25.5 Å². The lowest BCUT2D eigenvalue weighted by Crippen LogP contribution is -2.29. The zero-order valence-corrected chi connectivity index (χ0v) is 9.44. The number of nitrogens with zero attached hydrogens (tertiary/aromatic N) is 3. The Morgan fingerprint density at radius 2 is 2.33 bits per heavy atom. The van der Waals surface area contributed by atoms with Crippen LogP contribution in [0.4, 0.5) is 19.1 Å². The summed E-state index contributed by atoms with van der Waals surface area (Å²) in [4.78, 5) is 13.4. The van der Waals surface area contributed by atoms with Gasteiger partial charge in [-0.15, -0.1) is 0 Å². The van der Waals surface area contributed by atoms with E-state index < -0.39 is 23.6 Å². The highest BCUT2D eigenvalue weighted by Gasteiger charge is 2.27. The Balaban J connectivity index is 2.69. The average molecular weight is 264 g/mol. The fraction of sp³-hybridized carbons (Fsp3) is 0.444. The molecule has 0 saturated heterocycles. The maximum atomic E-state index is 12.0. The summed E-state index contributed by atoms with van der Waals surface area (Å²) in [6.45, 7) is 0.291. The molecule has 0 aliphatic heterocycles. The average Bonchev–Trinajstić information content (AvgIpc) is 2.70. The predicted octanol–water partition coefficient (Wildman–Crippen LogP) is 1.85. The Hall–Kier alpha value is -2.06. The molecule has 6 nitrogen and oxygen atoms in total. The van der Waals surface area contributed by atoms with Crippen LogP contribution in [-0.2, 0) is 6.54 Å². The molecule has 0 aliphatic rings. The maximum Gasteiger partial charge on any atom is 0.434 e. The van der Waals surface area contributed by atoms with E-state index in [2.05, 4.69) is 10.3 Å². The summed E-state index contributed by atoms with van der Waals surface area (Å²) in [7, 11) is 0. The summed E-state index contributed by atoms with van der Waals surface area (Å²) < 4.78 is 37.2. The molecule has 0 aliphatic carbocycles. The number of rotatable bonds is 5. The molecule has 0 atom stereocenters. The first-order valence-electron chi connectivity index (χ1n) is 4.95. The van der Waals surface area contributed by atoms with Crippen LogP contribution in [0.25, 0.3) is 0 Å². The largest absolute Gasteiger partial charge is 0.434 e. The third-order valence-corrected chi connectivity index (χ3v) is 2.06. The molecule has 100 valence electrons. The van der Waals surface area contributed by atoms with E-state index in [9.17, 15) is 23.3 Å². The minimum atomic E-state index is -4.34. The highest BCUT2D eigenvalue weighted by Crippen LogP contribution is 2.14. The van der Waals surface area contributed by atoms with Gasteiger partial charge in [0, 0.05) is 5.70 Å². The Kier molecular flexibility index (Phi) is 4.29. The molecule has 1 heterocycles. The smallest absolute Gasteiger partial charge is 0.390 e. The third kappa shape index (κ3) is 4.07. The molecule has 0 amide bonds. The maximum absolute atomic E-state index is 12.0. The van der Waals surface area contributed by atoms with Crippen LogP contribution in [0.1, 0.15) is 6.92 Å². The van der Waals surface area contributed by atoms with E-state index >= 15 is 0 Å². The van der Waals surface area contributed by atoms with Gasteiger partial charge in [0.05, 0.1) is 0 Å². The van der Waals surface area contributed by atoms with Gasteiger partial charge >= 0.3 is 12.1 Å². The van der Waals surface area contributed by atoms with Gasteiger partial charge in [-0.1, -0.05) is 11.1 Å². The topological polar surface area (TPSA) is 73.0 Å². The minimum absolute atomic E-state index is 0.0666. The van der Waals surface area contributed by atoms with Gasteiger partial charge in [0.25, 0.3) is 0 Å². The molecule has 0 spiro atoms. The Morgan fingerprint density at radius 3 is 2.83 bits per heavy atom. The van der Waals surface area contributed by atoms with Crippen LogP contribution in [0.15, 0.2) is 24.2 Å². The fourth-order valence-corrected chi connectivity index (χ4v) is 1.24. The number of hydrogen-bond donors (Lipinski definition) is 1. The standard InChI is InChI=1S/C9H11F3N4O2/c1-2-7(14-6-9(10,11)12)5-15-4-3-13-8(15)16(17)18/h2-4,14H,5-6H2,1H3. The van der Waals surface area contributed by atoms with Gasteiger partial charge in [-0.05, 0) is 11.8 Å². The van der Waals surface area contributed by atoms with E-state index in [0.29, 0.717) is 0 Å². The van der Waals surface area contributed by atoms with Crippen LogP contribution in [0.3, 0.4) is 0 Å². The van der Waals surface area contributed by atoms with Crippen LogP contribution in [-0.4, -0.2) is 27.2 Å². The number of allylic oxidation sites excluding steroid dienone is 2. The van der Waals surface area contributed by atoms with Gasteiger partial charge in [0.2, 0.25) is 0 Å². The minimum Gasteiger partial charge on any atom is -0.390 e. The van der Waals surface area contributed by atoms with Crippen LogP contribution in [0, 0.1) is 10.1 Å². The molecule has 0 aromatic carbocycles. The number of alkyl halides is 3. The number of nitro groups is 1. The van der Waals surface area contributed by atoms with Crippen LogP contribution in [0.2, 0.25) is 0 Å². The van der Waals surface area contributed by atoms with Gasteiger partial charge in [-0.2, -0.15) is 13.2 Å². The zero-order valence-electron chi connectivity index (χ0n) is 9.44. The number of hydrogen-bond acceptors (Lipinski definition) is 4. The SMILES string of the molecule is CC=C(Cn1ccnc1[N+](=O)[O-])NCC(F)(F)F. The lowest BCUT2D eigenvalue weighted by molar-refractivity contribution is -0.396.